The molecule has 0 amide bonds. The third-order valence-corrected chi connectivity index (χ3v) is 4.01. The quantitative estimate of drug-likeness (QED) is 0.784. The zero-order valence-corrected chi connectivity index (χ0v) is 12.9. The molecule has 2 aromatic heterocycles. The summed E-state index contributed by atoms with van der Waals surface area (Å²) in [6.07, 6.45) is 0. The highest BCUT2D eigenvalue weighted by Gasteiger charge is 2.09. The molecule has 0 unspecified atom stereocenters. The molecule has 112 valence electrons. The normalized spacial score (nSPS) is 10.6. The lowest BCUT2D eigenvalue weighted by Gasteiger charge is -2.08. The molecule has 5 nitrogen and oxygen atoms in total. The Kier molecular flexibility index (Phi) is 4.41. The molecule has 1 N–H and O–H groups in total. The van der Waals surface area contributed by atoms with Crippen LogP contribution in [0.5, 0.6) is 5.75 Å². The molecule has 0 saturated carbocycles. The van der Waals surface area contributed by atoms with Crippen LogP contribution in [0.4, 0.5) is 0 Å². The molecule has 0 bridgehead atoms. The van der Waals surface area contributed by atoms with Crippen molar-refractivity contribution >= 4 is 11.3 Å². The maximum atomic E-state index is 9.32. The number of hydrogen-bond acceptors (Lipinski definition) is 6. The molecule has 0 radical (unpaired) electrons. The Morgan fingerprint density at radius 3 is 2.68 bits per heavy atom. The molecule has 1 aromatic carbocycles. The van der Waals surface area contributed by atoms with Gasteiger partial charge in [0.1, 0.15) is 23.1 Å². The molecule has 22 heavy (non-hydrogen) atoms. The standard InChI is InChI=1S/C16H15N3O2S/c1-11-7-8-14(13(9-20)17-11)21-10-15-18-19-16(22-15)12-5-3-2-4-6-12/h2-8,20H,9-10H2,1H3. The van der Waals surface area contributed by atoms with E-state index in [-0.39, 0.29) is 6.61 Å². The summed E-state index contributed by atoms with van der Waals surface area (Å²) in [6, 6.07) is 13.6. The highest BCUT2D eigenvalue weighted by atomic mass is 32.1. The SMILES string of the molecule is Cc1ccc(OCc2nnc(-c3ccccc3)s2)c(CO)n1. The van der Waals surface area contributed by atoms with Gasteiger partial charge in [-0.2, -0.15) is 0 Å². The summed E-state index contributed by atoms with van der Waals surface area (Å²) >= 11 is 1.49. The molecule has 3 aromatic rings. The van der Waals surface area contributed by atoms with Crippen molar-refractivity contribution in [1.82, 2.24) is 15.2 Å². The van der Waals surface area contributed by atoms with E-state index in [9.17, 15) is 5.11 Å². The van der Waals surface area contributed by atoms with Gasteiger partial charge in [0.25, 0.3) is 0 Å². The lowest BCUT2D eigenvalue weighted by Crippen LogP contribution is -2.01. The number of nitrogens with zero attached hydrogens (tertiary/aromatic N) is 3. The van der Waals surface area contributed by atoms with Crippen molar-refractivity contribution in [3.8, 4) is 16.3 Å². The molecular weight excluding hydrogens is 298 g/mol. The summed E-state index contributed by atoms with van der Waals surface area (Å²) in [6.45, 7) is 2.03. The Balaban J connectivity index is 1.71. The van der Waals surface area contributed by atoms with Crippen molar-refractivity contribution in [2.45, 2.75) is 20.1 Å². The number of ether oxygens (including phenoxy) is 1. The van der Waals surface area contributed by atoms with E-state index in [1.54, 1.807) is 0 Å². The Hall–Kier alpha value is -2.31. The van der Waals surface area contributed by atoms with Crippen LogP contribution in [0, 0.1) is 6.92 Å². The van der Waals surface area contributed by atoms with Gasteiger partial charge in [0, 0.05) is 11.3 Å². The van der Waals surface area contributed by atoms with Crippen LogP contribution in [-0.2, 0) is 13.2 Å². The first-order valence-corrected chi connectivity index (χ1v) is 7.66. The maximum absolute atomic E-state index is 9.32. The number of aliphatic hydroxyl groups excluding tert-OH is 1. The Labute approximate surface area is 132 Å². The van der Waals surface area contributed by atoms with Gasteiger partial charge in [-0.15, -0.1) is 10.2 Å². The second-order valence-electron chi connectivity index (χ2n) is 4.71. The van der Waals surface area contributed by atoms with Gasteiger partial charge >= 0.3 is 0 Å². The van der Waals surface area contributed by atoms with Crippen molar-refractivity contribution in [1.29, 1.82) is 0 Å². The van der Waals surface area contributed by atoms with Crippen LogP contribution >= 0.6 is 11.3 Å². The van der Waals surface area contributed by atoms with Gasteiger partial charge in [-0.05, 0) is 19.1 Å². The lowest BCUT2D eigenvalue weighted by atomic mass is 10.2. The zero-order valence-electron chi connectivity index (χ0n) is 12.1. The van der Waals surface area contributed by atoms with E-state index < -0.39 is 0 Å². The minimum absolute atomic E-state index is 0.150. The third kappa shape index (κ3) is 3.29. The summed E-state index contributed by atoms with van der Waals surface area (Å²) in [7, 11) is 0. The highest BCUT2D eigenvalue weighted by Crippen LogP contribution is 2.24. The molecule has 0 aliphatic rings. The van der Waals surface area contributed by atoms with E-state index >= 15 is 0 Å². The van der Waals surface area contributed by atoms with Gasteiger partial charge in [-0.3, -0.25) is 4.98 Å². The van der Waals surface area contributed by atoms with Gasteiger partial charge in [0.05, 0.1) is 6.61 Å². The van der Waals surface area contributed by atoms with Crippen LogP contribution in [0.15, 0.2) is 42.5 Å². The molecule has 6 heteroatoms. The minimum atomic E-state index is -0.150. The monoisotopic (exact) mass is 313 g/mol. The van der Waals surface area contributed by atoms with Gasteiger partial charge in [-0.1, -0.05) is 41.7 Å². The Bertz CT molecular complexity index is 759. The first kappa shape index (κ1) is 14.6. The number of pyridine rings is 1. The molecule has 0 aliphatic heterocycles. The highest BCUT2D eigenvalue weighted by molar-refractivity contribution is 7.14. The largest absolute Gasteiger partial charge is 0.484 e. The average Bonchev–Trinajstić information content (AvgIpc) is 3.03. The fourth-order valence-electron chi connectivity index (χ4n) is 1.99. The van der Waals surface area contributed by atoms with Gasteiger partial charge in [0.2, 0.25) is 0 Å². The van der Waals surface area contributed by atoms with Crippen LogP contribution < -0.4 is 4.74 Å². The van der Waals surface area contributed by atoms with Crippen LogP contribution in [0.25, 0.3) is 10.6 Å². The number of benzene rings is 1. The second kappa shape index (κ2) is 6.64. The van der Waals surface area contributed by atoms with E-state index in [0.717, 1.165) is 21.3 Å². The smallest absolute Gasteiger partial charge is 0.155 e. The first-order chi connectivity index (χ1) is 10.8. The molecule has 0 fully saturated rings. The summed E-state index contributed by atoms with van der Waals surface area (Å²) in [5.74, 6) is 0.574. The first-order valence-electron chi connectivity index (χ1n) is 6.84. The fraction of sp³-hybridized carbons (Fsp3) is 0.188. The number of rotatable bonds is 5. The predicted molar refractivity (Wildman–Crippen MR) is 84.6 cm³/mol. The third-order valence-electron chi connectivity index (χ3n) is 3.06. The second-order valence-corrected chi connectivity index (χ2v) is 5.77. The summed E-state index contributed by atoms with van der Waals surface area (Å²) in [5.41, 5.74) is 2.42. The van der Waals surface area contributed by atoms with Crippen molar-refractivity contribution in [3.05, 3.63) is 58.9 Å². The minimum Gasteiger partial charge on any atom is -0.484 e. The number of aliphatic hydroxyl groups is 1. The van der Waals surface area contributed by atoms with E-state index in [1.807, 2.05) is 49.4 Å². The Morgan fingerprint density at radius 1 is 1.09 bits per heavy atom. The number of aryl methyl sites for hydroxylation is 1. The van der Waals surface area contributed by atoms with E-state index in [4.69, 9.17) is 4.74 Å². The van der Waals surface area contributed by atoms with Crippen molar-refractivity contribution in [2.24, 2.45) is 0 Å². The Morgan fingerprint density at radius 2 is 1.91 bits per heavy atom. The van der Waals surface area contributed by atoms with Gasteiger partial charge < -0.3 is 9.84 Å². The molecule has 0 saturated heterocycles. The predicted octanol–water partition coefficient (Wildman–Crippen LogP) is 2.98. The molecule has 3 rings (SSSR count). The van der Waals surface area contributed by atoms with Crippen molar-refractivity contribution in [2.75, 3.05) is 0 Å². The number of aromatic nitrogens is 3. The van der Waals surface area contributed by atoms with Gasteiger partial charge in [-0.25, -0.2) is 0 Å². The topological polar surface area (TPSA) is 68.1 Å². The van der Waals surface area contributed by atoms with E-state index in [1.165, 1.54) is 11.3 Å². The van der Waals surface area contributed by atoms with Crippen LogP contribution in [0.3, 0.4) is 0 Å². The lowest BCUT2D eigenvalue weighted by molar-refractivity contribution is 0.252. The van der Waals surface area contributed by atoms with Crippen molar-refractivity contribution < 1.29 is 9.84 Å². The summed E-state index contributed by atoms with van der Waals surface area (Å²) in [4.78, 5) is 4.25. The van der Waals surface area contributed by atoms with Crippen LogP contribution in [0.1, 0.15) is 16.4 Å². The number of hydrogen-bond donors (Lipinski definition) is 1. The van der Waals surface area contributed by atoms with Crippen LogP contribution in [-0.4, -0.2) is 20.3 Å². The maximum Gasteiger partial charge on any atom is 0.155 e. The van der Waals surface area contributed by atoms with E-state index in [2.05, 4.69) is 15.2 Å². The van der Waals surface area contributed by atoms with Crippen LogP contribution in [0.2, 0.25) is 0 Å². The summed E-state index contributed by atoms with van der Waals surface area (Å²) in [5, 5.41) is 19.3. The van der Waals surface area contributed by atoms with E-state index in [0.29, 0.717) is 18.1 Å². The fourth-order valence-corrected chi connectivity index (χ4v) is 2.75. The zero-order chi connectivity index (χ0) is 15.4. The molecule has 0 spiro atoms. The summed E-state index contributed by atoms with van der Waals surface area (Å²) < 4.78 is 5.70. The van der Waals surface area contributed by atoms with Crippen molar-refractivity contribution in [3.63, 3.8) is 0 Å². The molecular formula is C16H15N3O2S. The molecule has 0 atom stereocenters. The van der Waals surface area contributed by atoms with Gasteiger partial charge in [0.15, 0.2) is 5.01 Å². The molecule has 0 aliphatic carbocycles. The molecule has 2 heterocycles. The average molecular weight is 313 g/mol.